The number of carbonyl (C=O) groups excluding carboxylic acids is 2. The summed E-state index contributed by atoms with van der Waals surface area (Å²) in [7, 11) is 0. The number of ether oxygens (including phenoxy) is 2. The molecular weight excluding hydrogens is 837 g/mol. The lowest BCUT2D eigenvalue weighted by atomic mass is 10.0. The molecule has 0 spiro atoms. The van der Waals surface area contributed by atoms with Gasteiger partial charge in [0.05, 0.1) is 6.61 Å². The average Bonchev–Trinajstić information content (AvgIpc) is 3.34. The highest BCUT2D eigenvalue weighted by Gasteiger charge is 2.16. The van der Waals surface area contributed by atoms with Crippen LogP contribution in [0.2, 0.25) is 0 Å². The molecule has 0 aliphatic heterocycles. The molecule has 0 aromatic carbocycles. The van der Waals surface area contributed by atoms with E-state index >= 15 is 0 Å². The minimum absolute atomic E-state index is 0.0723. The van der Waals surface area contributed by atoms with Crippen LogP contribution in [0.5, 0.6) is 0 Å². The Labute approximate surface area is 421 Å². The third kappa shape index (κ3) is 55.2. The van der Waals surface area contributed by atoms with Gasteiger partial charge >= 0.3 is 11.9 Å². The Morgan fingerprint density at radius 3 is 0.882 bits per heavy atom. The zero-order valence-corrected chi connectivity index (χ0v) is 44.3. The van der Waals surface area contributed by atoms with Gasteiger partial charge in [-0.1, -0.05) is 258 Å². The third-order valence-electron chi connectivity index (χ3n) is 12.1. The number of rotatable bonds is 51. The summed E-state index contributed by atoms with van der Waals surface area (Å²) in [4.78, 5) is 24.5. The van der Waals surface area contributed by atoms with Crippen molar-refractivity contribution < 1.29 is 24.2 Å². The molecule has 0 aliphatic carbocycles. The quantitative estimate of drug-likeness (QED) is 0.0374. The smallest absolute Gasteiger partial charge is 0.306 e. The molecular formula is C63H106O5. The number of unbranched alkanes of at least 4 members (excludes halogenated alkanes) is 25. The molecule has 0 saturated heterocycles. The van der Waals surface area contributed by atoms with E-state index in [2.05, 4.69) is 123 Å². The Bertz CT molecular complexity index is 1340. The molecule has 0 aromatic heterocycles. The highest BCUT2D eigenvalue weighted by atomic mass is 16.6. The van der Waals surface area contributed by atoms with Gasteiger partial charge in [0, 0.05) is 12.8 Å². The van der Waals surface area contributed by atoms with Crippen LogP contribution < -0.4 is 0 Å². The molecule has 0 rings (SSSR count). The molecule has 1 atom stereocenters. The predicted octanol–water partition coefficient (Wildman–Crippen LogP) is 19.3. The summed E-state index contributed by atoms with van der Waals surface area (Å²) >= 11 is 0. The lowest BCUT2D eigenvalue weighted by Crippen LogP contribution is -2.28. The first-order chi connectivity index (χ1) is 33.6. The predicted molar refractivity (Wildman–Crippen MR) is 297 cm³/mol. The van der Waals surface area contributed by atoms with Crippen LogP contribution in [-0.4, -0.2) is 36.4 Å². The SMILES string of the molecule is CC/C=C\C/C=C\C/C=C\C/C=C\C/C=C\CCCCCCCCCCCC(=O)OC(CO)COC(=O)CCCCCCCCCCCCCCCCCC/C=C\C/C=C\C/C=C\C/C=C\CC. The minimum Gasteiger partial charge on any atom is -0.462 e. The number of aliphatic hydroxyl groups is 1. The van der Waals surface area contributed by atoms with Gasteiger partial charge in [-0.25, -0.2) is 0 Å². The molecule has 1 unspecified atom stereocenters. The molecule has 5 heteroatoms. The van der Waals surface area contributed by atoms with Gasteiger partial charge in [0.2, 0.25) is 0 Å². The summed E-state index contributed by atoms with van der Waals surface area (Å²) in [5.41, 5.74) is 0. The largest absolute Gasteiger partial charge is 0.462 e. The van der Waals surface area contributed by atoms with Crippen molar-refractivity contribution in [2.24, 2.45) is 0 Å². The van der Waals surface area contributed by atoms with Gasteiger partial charge in [-0.2, -0.15) is 0 Å². The maximum atomic E-state index is 12.3. The average molecular weight is 944 g/mol. The molecule has 0 amide bonds. The molecule has 0 radical (unpaired) electrons. The van der Waals surface area contributed by atoms with Gasteiger partial charge in [0.15, 0.2) is 6.10 Å². The van der Waals surface area contributed by atoms with Crippen LogP contribution in [0.25, 0.3) is 0 Å². The van der Waals surface area contributed by atoms with Crippen molar-refractivity contribution in [3.63, 3.8) is 0 Å². The molecule has 0 fully saturated rings. The summed E-state index contributed by atoms with van der Waals surface area (Å²) in [6.07, 6.45) is 83.4. The Hall–Kier alpha value is -3.44. The van der Waals surface area contributed by atoms with Crippen LogP contribution in [0.15, 0.2) is 109 Å². The molecule has 5 nitrogen and oxygen atoms in total. The molecule has 0 saturated carbocycles. The van der Waals surface area contributed by atoms with E-state index in [1.807, 2.05) is 0 Å². The van der Waals surface area contributed by atoms with Crippen molar-refractivity contribution in [2.75, 3.05) is 13.2 Å². The number of allylic oxidation sites excluding steroid dienone is 18. The van der Waals surface area contributed by atoms with Crippen molar-refractivity contribution in [1.29, 1.82) is 0 Å². The van der Waals surface area contributed by atoms with Crippen molar-refractivity contribution in [2.45, 2.75) is 264 Å². The summed E-state index contributed by atoms with van der Waals surface area (Å²) in [5.74, 6) is -0.596. The molecule has 0 aromatic rings. The van der Waals surface area contributed by atoms with Gasteiger partial charge in [-0.3, -0.25) is 9.59 Å². The molecule has 388 valence electrons. The summed E-state index contributed by atoms with van der Waals surface area (Å²) < 4.78 is 10.7. The number of carbonyl (C=O) groups is 2. The second-order valence-electron chi connectivity index (χ2n) is 18.6. The van der Waals surface area contributed by atoms with Crippen LogP contribution in [0.1, 0.15) is 258 Å². The van der Waals surface area contributed by atoms with Gasteiger partial charge in [0.1, 0.15) is 6.61 Å². The Morgan fingerprint density at radius 2 is 0.588 bits per heavy atom. The van der Waals surface area contributed by atoms with Crippen molar-refractivity contribution >= 4 is 11.9 Å². The number of aliphatic hydroxyl groups excluding tert-OH is 1. The van der Waals surface area contributed by atoms with Crippen molar-refractivity contribution in [3.05, 3.63) is 109 Å². The van der Waals surface area contributed by atoms with E-state index in [1.165, 1.54) is 135 Å². The van der Waals surface area contributed by atoms with Crippen LogP contribution in [0.4, 0.5) is 0 Å². The Kier molecular flexibility index (Phi) is 54.9. The first-order valence-electron chi connectivity index (χ1n) is 28.4. The number of hydrogen-bond donors (Lipinski definition) is 1. The number of esters is 2. The zero-order chi connectivity index (χ0) is 49.2. The first-order valence-corrected chi connectivity index (χ1v) is 28.4. The van der Waals surface area contributed by atoms with Crippen molar-refractivity contribution in [3.8, 4) is 0 Å². The fourth-order valence-corrected chi connectivity index (χ4v) is 7.87. The summed E-state index contributed by atoms with van der Waals surface area (Å²) in [6.45, 7) is 3.92. The van der Waals surface area contributed by atoms with E-state index in [0.29, 0.717) is 12.8 Å². The normalized spacial score (nSPS) is 13.0. The highest BCUT2D eigenvalue weighted by molar-refractivity contribution is 5.70. The topological polar surface area (TPSA) is 72.8 Å². The van der Waals surface area contributed by atoms with E-state index in [-0.39, 0.29) is 25.2 Å². The number of hydrogen-bond acceptors (Lipinski definition) is 5. The Morgan fingerprint density at radius 1 is 0.338 bits per heavy atom. The van der Waals surface area contributed by atoms with Crippen molar-refractivity contribution in [1.82, 2.24) is 0 Å². The third-order valence-corrected chi connectivity index (χ3v) is 12.1. The maximum absolute atomic E-state index is 12.3. The molecule has 0 heterocycles. The van der Waals surface area contributed by atoms with Crippen LogP contribution in [0, 0.1) is 0 Å². The van der Waals surface area contributed by atoms with E-state index in [0.717, 1.165) is 96.3 Å². The maximum Gasteiger partial charge on any atom is 0.306 e. The summed E-state index contributed by atoms with van der Waals surface area (Å²) in [6, 6.07) is 0. The monoisotopic (exact) mass is 943 g/mol. The van der Waals surface area contributed by atoms with E-state index in [9.17, 15) is 14.7 Å². The first kappa shape index (κ1) is 64.6. The second kappa shape index (κ2) is 57.9. The van der Waals surface area contributed by atoms with Crippen LogP contribution in [0.3, 0.4) is 0 Å². The van der Waals surface area contributed by atoms with Gasteiger partial charge in [-0.15, -0.1) is 0 Å². The van der Waals surface area contributed by atoms with Crippen LogP contribution in [-0.2, 0) is 19.1 Å². The fraction of sp³-hybridized carbons (Fsp3) is 0.683. The highest BCUT2D eigenvalue weighted by Crippen LogP contribution is 2.16. The van der Waals surface area contributed by atoms with E-state index in [1.54, 1.807) is 0 Å². The lowest BCUT2D eigenvalue weighted by molar-refractivity contribution is -0.161. The molecule has 0 bridgehead atoms. The minimum atomic E-state index is -0.782. The van der Waals surface area contributed by atoms with Gasteiger partial charge in [0.25, 0.3) is 0 Å². The summed E-state index contributed by atoms with van der Waals surface area (Å²) in [5, 5.41) is 9.66. The lowest BCUT2D eigenvalue weighted by Gasteiger charge is -2.15. The standard InChI is InChI=1S/C63H106O5/c1-3-5-7-9-11-13-15-17-19-21-23-25-27-29-30-31-32-34-35-37-39-41-43-45-47-49-51-53-55-57-62(65)67-60-61(59-64)68-63(66)58-56-54-52-50-48-46-44-42-40-38-36-33-28-26-24-22-20-18-16-14-12-10-8-6-4-2/h5-8,11-14,17-20,23-26,33,36,61,64H,3-4,9-10,15-16,21-22,27-32,34-35,37-60H2,1-2H3/b7-5-,8-6-,13-11-,14-12-,19-17-,20-18-,25-23-,26-24-,36-33-. The van der Waals surface area contributed by atoms with E-state index in [4.69, 9.17) is 9.47 Å². The van der Waals surface area contributed by atoms with Crippen LogP contribution >= 0.6 is 0 Å². The van der Waals surface area contributed by atoms with Gasteiger partial charge in [-0.05, 0) is 96.3 Å². The second-order valence-corrected chi connectivity index (χ2v) is 18.6. The molecule has 1 N–H and O–H groups in total. The van der Waals surface area contributed by atoms with E-state index < -0.39 is 6.10 Å². The molecule has 68 heavy (non-hydrogen) atoms. The zero-order valence-electron chi connectivity index (χ0n) is 44.3. The Balaban J connectivity index is 3.51. The fourth-order valence-electron chi connectivity index (χ4n) is 7.87. The van der Waals surface area contributed by atoms with Gasteiger partial charge < -0.3 is 14.6 Å². The molecule has 0 aliphatic rings.